The lowest BCUT2D eigenvalue weighted by Gasteiger charge is -1.91. The Labute approximate surface area is 73.6 Å². The first-order valence-electron chi connectivity index (χ1n) is 3.85. The quantitative estimate of drug-likeness (QED) is 0.623. The predicted molar refractivity (Wildman–Crippen MR) is 48.5 cm³/mol. The van der Waals surface area contributed by atoms with Crippen molar-refractivity contribution in [1.29, 1.82) is 0 Å². The van der Waals surface area contributed by atoms with Crippen LogP contribution in [0.25, 0.3) is 11.1 Å². The fraction of sp³-hybridized carbons (Fsp3) is 0.250. The summed E-state index contributed by atoms with van der Waals surface area (Å²) in [4.78, 5) is 17.1. The van der Waals surface area contributed by atoms with Crippen LogP contribution < -0.4 is 11.4 Å². The Hall–Kier alpha value is -1.78. The van der Waals surface area contributed by atoms with Gasteiger partial charge in [-0.05, 0) is 13.8 Å². The number of H-pyrrole nitrogens is 1. The lowest BCUT2D eigenvalue weighted by Crippen LogP contribution is -2.12. The lowest BCUT2D eigenvalue weighted by molar-refractivity contribution is 0.574. The summed E-state index contributed by atoms with van der Waals surface area (Å²) in [7, 11) is 0. The van der Waals surface area contributed by atoms with Crippen LogP contribution >= 0.6 is 0 Å². The molecule has 0 atom stereocenters. The number of furan rings is 1. The molecule has 0 spiro atoms. The molecule has 0 bridgehead atoms. The Kier molecular flexibility index (Phi) is 1.42. The van der Waals surface area contributed by atoms with Crippen LogP contribution in [0.1, 0.15) is 11.3 Å². The molecule has 0 aliphatic heterocycles. The molecule has 0 aliphatic rings. The fourth-order valence-electron chi connectivity index (χ4n) is 1.25. The average Bonchev–Trinajstić information content (AvgIpc) is 2.32. The summed E-state index contributed by atoms with van der Waals surface area (Å²) in [5.74, 6) is 0.875. The first-order chi connectivity index (χ1) is 6.09. The Morgan fingerprint density at radius 1 is 1.46 bits per heavy atom. The second kappa shape index (κ2) is 2.35. The molecule has 0 aromatic carbocycles. The Balaban J connectivity index is 3.03. The van der Waals surface area contributed by atoms with Crippen molar-refractivity contribution in [2.24, 2.45) is 0 Å². The number of aromatic amines is 1. The molecule has 2 heterocycles. The van der Waals surface area contributed by atoms with Gasteiger partial charge in [0.15, 0.2) is 11.4 Å². The number of rotatable bonds is 0. The van der Waals surface area contributed by atoms with Crippen LogP contribution in [0.2, 0.25) is 0 Å². The Morgan fingerprint density at radius 3 is 2.85 bits per heavy atom. The maximum absolute atomic E-state index is 11.0. The second-order valence-corrected chi connectivity index (χ2v) is 2.91. The molecule has 68 valence electrons. The molecule has 0 saturated carbocycles. The van der Waals surface area contributed by atoms with E-state index < -0.39 is 5.69 Å². The van der Waals surface area contributed by atoms with Crippen LogP contribution in [0.4, 0.5) is 5.82 Å². The average molecular weight is 179 g/mol. The number of hydrogen-bond donors (Lipinski definition) is 2. The summed E-state index contributed by atoms with van der Waals surface area (Å²) >= 11 is 0. The molecular formula is C8H9N3O2. The van der Waals surface area contributed by atoms with Crippen molar-refractivity contribution >= 4 is 16.9 Å². The monoisotopic (exact) mass is 179 g/mol. The Bertz CT molecular complexity index is 524. The molecule has 2 aromatic heterocycles. The normalized spacial score (nSPS) is 10.9. The van der Waals surface area contributed by atoms with E-state index in [9.17, 15) is 4.79 Å². The third kappa shape index (κ3) is 1.00. The van der Waals surface area contributed by atoms with Crippen LogP contribution in [0.15, 0.2) is 9.21 Å². The first kappa shape index (κ1) is 7.85. The molecule has 13 heavy (non-hydrogen) atoms. The Morgan fingerprint density at radius 2 is 2.15 bits per heavy atom. The van der Waals surface area contributed by atoms with Crippen molar-refractivity contribution in [1.82, 2.24) is 9.97 Å². The summed E-state index contributed by atoms with van der Waals surface area (Å²) < 4.78 is 5.33. The van der Waals surface area contributed by atoms with Crippen LogP contribution in [-0.2, 0) is 0 Å². The van der Waals surface area contributed by atoms with E-state index in [4.69, 9.17) is 10.2 Å². The van der Waals surface area contributed by atoms with Crippen LogP contribution in [0, 0.1) is 13.8 Å². The van der Waals surface area contributed by atoms with E-state index in [0.29, 0.717) is 11.1 Å². The maximum atomic E-state index is 11.0. The molecule has 0 fully saturated rings. The summed E-state index contributed by atoms with van der Waals surface area (Å²) in [6.45, 7) is 3.67. The standard InChI is InChI=1S/C8H9N3O2/c1-3-4(2)13-6-5(3)10-8(12)11-7(6)9/h1-2H3,(H3,9,10,11,12). The minimum Gasteiger partial charge on any atom is -0.456 e. The topological polar surface area (TPSA) is 84.9 Å². The molecule has 5 nitrogen and oxygen atoms in total. The summed E-state index contributed by atoms with van der Waals surface area (Å²) in [6, 6.07) is 0. The summed E-state index contributed by atoms with van der Waals surface area (Å²) in [6.07, 6.45) is 0. The minimum atomic E-state index is -0.450. The molecular weight excluding hydrogens is 170 g/mol. The summed E-state index contributed by atoms with van der Waals surface area (Å²) in [5, 5.41) is 0. The van der Waals surface area contributed by atoms with E-state index in [1.165, 1.54) is 0 Å². The highest BCUT2D eigenvalue weighted by Gasteiger charge is 2.11. The van der Waals surface area contributed by atoms with Crippen LogP contribution in [0.5, 0.6) is 0 Å². The van der Waals surface area contributed by atoms with Gasteiger partial charge in [0.05, 0.1) is 5.52 Å². The zero-order valence-electron chi connectivity index (χ0n) is 7.34. The van der Waals surface area contributed by atoms with Gasteiger partial charge < -0.3 is 15.1 Å². The number of nitrogen functional groups attached to an aromatic ring is 1. The third-order valence-electron chi connectivity index (χ3n) is 2.07. The SMILES string of the molecule is Cc1oc2c(N)nc(=O)[nH]c2c1C. The molecule has 2 rings (SSSR count). The number of anilines is 1. The molecule has 0 radical (unpaired) electrons. The van der Waals surface area contributed by atoms with Gasteiger partial charge in [0.25, 0.3) is 0 Å². The van der Waals surface area contributed by atoms with Crippen molar-refractivity contribution in [2.45, 2.75) is 13.8 Å². The van der Waals surface area contributed by atoms with E-state index in [1.807, 2.05) is 13.8 Å². The second-order valence-electron chi connectivity index (χ2n) is 2.91. The summed E-state index contributed by atoms with van der Waals surface area (Å²) in [5.41, 5.74) is 7.04. The molecule has 5 heteroatoms. The molecule has 0 saturated heterocycles. The van der Waals surface area contributed by atoms with Gasteiger partial charge in [-0.3, -0.25) is 0 Å². The minimum absolute atomic E-state index is 0.134. The van der Waals surface area contributed by atoms with E-state index in [1.54, 1.807) is 0 Å². The lowest BCUT2D eigenvalue weighted by atomic mass is 10.2. The van der Waals surface area contributed by atoms with Gasteiger partial charge in [-0.25, -0.2) is 4.79 Å². The van der Waals surface area contributed by atoms with Crippen molar-refractivity contribution in [3.8, 4) is 0 Å². The van der Waals surface area contributed by atoms with Crippen LogP contribution in [-0.4, -0.2) is 9.97 Å². The molecule has 0 amide bonds. The number of nitrogens with zero attached hydrogens (tertiary/aromatic N) is 1. The van der Waals surface area contributed by atoms with E-state index in [-0.39, 0.29) is 5.82 Å². The van der Waals surface area contributed by atoms with Gasteiger partial charge in [0.1, 0.15) is 5.76 Å². The fourth-order valence-corrected chi connectivity index (χ4v) is 1.25. The number of aromatic nitrogens is 2. The van der Waals surface area contributed by atoms with E-state index in [2.05, 4.69) is 9.97 Å². The van der Waals surface area contributed by atoms with Gasteiger partial charge in [-0.2, -0.15) is 4.98 Å². The van der Waals surface area contributed by atoms with E-state index in [0.717, 1.165) is 11.3 Å². The van der Waals surface area contributed by atoms with Gasteiger partial charge in [-0.15, -0.1) is 0 Å². The largest absolute Gasteiger partial charge is 0.456 e. The number of nitrogens with two attached hydrogens (primary N) is 1. The number of nitrogens with one attached hydrogen (secondary N) is 1. The highest BCUT2D eigenvalue weighted by Crippen LogP contribution is 2.24. The molecule has 0 unspecified atom stereocenters. The van der Waals surface area contributed by atoms with E-state index >= 15 is 0 Å². The van der Waals surface area contributed by atoms with Crippen molar-refractivity contribution in [3.05, 3.63) is 21.8 Å². The smallest absolute Gasteiger partial charge is 0.347 e. The first-order valence-corrected chi connectivity index (χ1v) is 3.85. The third-order valence-corrected chi connectivity index (χ3v) is 2.07. The highest BCUT2D eigenvalue weighted by atomic mass is 16.3. The molecule has 0 aliphatic carbocycles. The molecule has 3 N–H and O–H groups in total. The van der Waals surface area contributed by atoms with Gasteiger partial charge in [0, 0.05) is 5.56 Å². The zero-order valence-corrected chi connectivity index (χ0v) is 7.34. The zero-order chi connectivity index (χ0) is 9.59. The van der Waals surface area contributed by atoms with Crippen molar-refractivity contribution in [2.75, 3.05) is 5.73 Å². The molecule has 2 aromatic rings. The predicted octanol–water partition coefficient (Wildman–Crippen LogP) is 0.715. The number of hydrogen-bond acceptors (Lipinski definition) is 4. The number of fused-ring (bicyclic) bond motifs is 1. The highest BCUT2D eigenvalue weighted by molar-refractivity contribution is 5.85. The van der Waals surface area contributed by atoms with Gasteiger partial charge >= 0.3 is 5.69 Å². The van der Waals surface area contributed by atoms with Crippen LogP contribution in [0.3, 0.4) is 0 Å². The number of aryl methyl sites for hydroxylation is 2. The maximum Gasteiger partial charge on any atom is 0.347 e. The van der Waals surface area contributed by atoms with Crippen molar-refractivity contribution < 1.29 is 4.42 Å². The van der Waals surface area contributed by atoms with Crippen molar-refractivity contribution in [3.63, 3.8) is 0 Å². The van der Waals surface area contributed by atoms with Gasteiger partial charge in [-0.1, -0.05) is 0 Å². The van der Waals surface area contributed by atoms with Gasteiger partial charge in [0.2, 0.25) is 0 Å².